The van der Waals surface area contributed by atoms with Crippen LogP contribution in [0.1, 0.15) is 18.1 Å². The van der Waals surface area contributed by atoms with Gasteiger partial charge in [0.1, 0.15) is 12.3 Å². The van der Waals surface area contributed by atoms with E-state index in [0.29, 0.717) is 6.42 Å². The van der Waals surface area contributed by atoms with E-state index in [1.807, 2.05) is 60.7 Å². The fourth-order valence-electron chi connectivity index (χ4n) is 2.59. The lowest BCUT2D eigenvalue weighted by molar-refractivity contribution is -0.120. The second-order valence-corrected chi connectivity index (χ2v) is 5.19. The zero-order valence-corrected chi connectivity index (χ0v) is 12.2. The van der Waals surface area contributed by atoms with Crippen LogP contribution >= 0.6 is 0 Å². The fourth-order valence-corrected chi connectivity index (χ4v) is 2.59. The number of hydrogen-bond acceptors (Lipinski definition) is 4. The molecule has 5 heteroatoms. The first-order chi connectivity index (χ1) is 10.8. The molecule has 114 valence electrons. The van der Waals surface area contributed by atoms with Gasteiger partial charge in [-0.3, -0.25) is 9.63 Å². The first-order valence-corrected chi connectivity index (χ1v) is 7.33. The Hall–Kier alpha value is -2.37. The number of amides is 1. The summed E-state index contributed by atoms with van der Waals surface area (Å²) in [7, 11) is 0. The van der Waals surface area contributed by atoms with Crippen molar-refractivity contribution >= 4 is 11.6 Å². The van der Waals surface area contributed by atoms with Crippen molar-refractivity contribution in [2.45, 2.75) is 18.7 Å². The van der Waals surface area contributed by atoms with Gasteiger partial charge >= 0.3 is 0 Å². The molecular formula is C17H19N3O2. The predicted molar refractivity (Wildman–Crippen MR) is 84.8 cm³/mol. The monoisotopic (exact) mass is 297 g/mol. The number of para-hydroxylation sites is 1. The fraction of sp³-hybridized carbons (Fsp3) is 0.235. The summed E-state index contributed by atoms with van der Waals surface area (Å²) in [6.07, 6.45) is 0.345. The van der Waals surface area contributed by atoms with Gasteiger partial charge in [0.05, 0.1) is 12.2 Å². The van der Waals surface area contributed by atoms with Crippen LogP contribution < -0.4 is 16.1 Å². The van der Waals surface area contributed by atoms with Crippen LogP contribution in [0.4, 0.5) is 5.69 Å². The smallest absolute Gasteiger partial charge is 0.235 e. The van der Waals surface area contributed by atoms with Crippen molar-refractivity contribution in [2.75, 3.05) is 11.6 Å². The third-order valence-corrected chi connectivity index (χ3v) is 3.66. The molecule has 0 spiro atoms. The highest BCUT2D eigenvalue weighted by Crippen LogP contribution is 2.35. The van der Waals surface area contributed by atoms with Crippen LogP contribution in [-0.2, 0) is 9.63 Å². The minimum absolute atomic E-state index is 0.0326. The molecule has 2 aromatic rings. The van der Waals surface area contributed by atoms with Gasteiger partial charge in [-0.25, -0.2) is 5.06 Å². The van der Waals surface area contributed by atoms with Gasteiger partial charge in [0.15, 0.2) is 0 Å². The van der Waals surface area contributed by atoms with Crippen LogP contribution in [0.15, 0.2) is 60.7 Å². The van der Waals surface area contributed by atoms with E-state index >= 15 is 0 Å². The van der Waals surface area contributed by atoms with Gasteiger partial charge in [-0.15, -0.1) is 0 Å². The topological polar surface area (TPSA) is 67.6 Å². The van der Waals surface area contributed by atoms with Crippen molar-refractivity contribution in [2.24, 2.45) is 5.73 Å². The molecule has 2 aromatic carbocycles. The summed E-state index contributed by atoms with van der Waals surface area (Å²) in [5.74, 6) is -0.191. The summed E-state index contributed by atoms with van der Waals surface area (Å²) in [5, 5.41) is 4.67. The zero-order chi connectivity index (χ0) is 15.4. The molecule has 1 amide bonds. The normalized spacial score (nSPS) is 20.9. The zero-order valence-electron chi connectivity index (χ0n) is 12.2. The van der Waals surface area contributed by atoms with E-state index in [4.69, 9.17) is 10.6 Å². The molecule has 0 radical (unpaired) electrons. The molecule has 0 unspecified atom stereocenters. The maximum absolute atomic E-state index is 11.7. The van der Waals surface area contributed by atoms with E-state index in [9.17, 15) is 4.79 Å². The molecule has 1 fully saturated rings. The highest BCUT2D eigenvalue weighted by atomic mass is 16.7. The van der Waals surface area contributed by atoms with Crippen LogP contribution in [0.25, 0.3) is 0 Å². The maximum atomic E-state index is 11.7. The van der Waals surface area contributed by atoms with Crippen molar-refractivity contribution in [1.82, 2.24) is 5.32 Å². The molecule has 1 heterocycles. The summed E-state index contributed by atoms with van der Waals surface area (Å²) >= 11 is 0. The van der Waals surface area contributed by atoms with E-state index in [-0.39, 0.29) is 24.7 Å². The van der Waals surface area contributed by atoms with E-state index in [1.54, 1.807) is 5.06 Å². The Kier molecular flexibility index (Phi) is 4.37. The summed E-state index contributed by atoms with van der Waals surface area (Å²) in [4.78, 5) is 17.7. The number of rotatable bonds is 4. The molecule has 1 aliphatic heterocycles. The molecule has 1 aliphatic rings. The number of hydroxylamine groups is 1. The first kappa shape index (κ1) is 14.6. The van der Waals surface area contributed by atoms with Gasteiger partial charge in [0, 0.05) is 6.42 Å². The van der Waals surface area contributed by atoms with E-state index in [0.717, 1.165) is 11.3 Å². The molecule has 0 aromatic heterocycles. The summed E-state index contributed by atoms with van der Waals surface area (Å²) < 4.78 is 0. The number of nitrogens with two attached hydrogens (primary N) is 1. The summed E-state index contributed by atoms with van der Waals surface area (Å²) in [6.45, 7) is -0.0326. The predicted octanol–water partition coefficient (Wildman–Crippen LogP) is 1.97. The van der Waals surface area contributed by atoms with Crippen LogP contribution in [0.5, 0.6) is 0 Å². The molecule has 0 saturated carbocycles. The third-order valence-electron chi connectivity index (χ3n) is 3.66. The number of carbonyl (C=O) groups is 1. The lowest BCUT2D eigenvalue weighted by Crippen LogP contribution is -2.46. The standard InChI is InChI=1S/C17H19N3O2/c18-12-17(21)19-16-11-15(13-7-3-1-4-8-13)22-20(16)14-9-5-2-6-10-14/h1-10,15-16H,11-12,18H2,(H,19,21)/t15-,16-/m1/s1. The van der Waals surface area contributed by atoms with Crippen molar-refractivity contribution in [3.8, 4) is 0 Å². The van der Waals surface area contributed by atoms with Gasteiger partial charge in [-0.2, -0.15) is 0 Å². The van der Waals surface area contributed by atoms with Crippen molar-refractivity contribution in [3.63, 3.8) is 0 Å². The average Bonchev–Trinajstić information content (AvgIpc) is 3.00. The largest absolute Gasteiger partial charge is 0.333 e. The summed E-state index contributed by atoms with van der Waals surface area (Å²) in [5.41, 5.74) is 7.41. The second-order valence-electron chi connectivity index (χ2n) is 5.19. The third kappa shape index (κ3) is 3.10. The molecule has 1 saturated heterocycles. The molecule has 2 atom stereocenters. The van der Waals surface area contributed by atoms with E-state index in [1.165, 1.54) is 0 Å². The molecule has 5 nitrogen and oxygen atoms in total. The highest BCUT2D eigenvalue weighted by Gasteiger charge is 2.35. The van der Waals surface area contributed by atoms with Crippen LogP contribution in [-0.4, -0.2) is 18.6 Å². The number of nitrogens with zero attached hydrogens (tertiary/aromatic N) is 1. The van der Waals surface area contributed by atoms with Gasteiger partial charge in [-0.05, 0) is 17.7 Å². The van der Waals surface area contributed by atoms with Crippen molar-refractivity contribution in [3.05, 3.63) is 66.2 Å². The number of carbonyl (C=O) groups excluding carboxylic acids is 1. The molecular weight excluding hydrogens is 278 g/mol. The number of anilines is 1. The minimum Gasteiger partial charge on any atom is -0.333 e. The van der Waals surface area contributed by atoms with Gasteiger partial charge in [0.2, 0.25) is 5.91 Å². The first-order valence-electron chi connectivity index (χ1n) is 7.33. The molecule has 3 rings (SSSR count). The molecule has 3 N–H and O–H groups in total. The Morgan fingerprint density at radius 2 is 1.77 bits per heavy atom. The second kappa shape index (κ2) is 6.60. The quantitative estimate of drug-likeness (QED) is 0.905. The number of benzene rings is 2. The van der Waals surface area contributed by atoms with Crippen LogP contribution in [0.2, 0.25) is 0 Å². The number of hydrogen-bond donors (Lipinski definition) is 2. The molecule has 0 bridgehead atoms. The van der Waals surface area contributed by atoms with E-state index in [2.05, 4.69) is 5.32 Å². The average molecular weight is 297 g/mol. The summed E-state index contributed by atoms with van der Waals surface area (Å²) in [6, 6.07) is 19.7. The Balaban J connectivity index is 1.83. The lowest BCUT2D eigenvalue weighted by atomic mass is 10.1. The van der Waals surface area contributed by atoms with Crippen LogP contribution in [0, 0.1) is 0 Å². The van der Waals surface area contributed by atoms with Crippen molar-refractivity contribution in [1.29, 1.82) is 0 Å². The Bertz CT molecular complexity index is 618. The minimum atomic E-state index is -0.233. The SMILES string of the molecule is NCC(=O)N[C@H]1C[C@H](c2ccccc2)ON1c1ccccc1. The van der Waals surface area contributed by atoms with E-state index < -0.39 is 0 Å². The van der Waals surface area contributed by atoms with Gasteiger partial charge < -0.3 is 11.1 Å². The Morgan fingerprint density at radius 3 is 2.41 bits per heavy atom. The Morgan fingerprint density at radius 1 is 1.14 bits per heavy atom. The molecule has 22 heavy (non-hydrogen) atoms. The molecule has 0 aliphatic carbocycles. The van der Waals surface area contributed by atoms with Crippen LogP contribution in [0.3, 0.4) is 0 Å². The lowest BCUT2D eigenvalue weighted by Gasteiger charge is -2.25. The highest BCUT2D eigenvalue weighted by molar-refractivity contribution is 5.78. The van der Waals surface area contributed by atoms with Gasteiger partial charge in [0.25, 0.3) is 0 Å². The maximum Gasteiger partial charge on any atom is 0.235 e. The Labute approximate surface area is 129 Å². The van der Waals surface area contributed by atoms with Crippen molar-refractivity contribution < 1.29 is 9.63 Å². The number of nitrogens with one attached hydrogen (secondary N) is 1. The van der Waals surface area contributed by atoms with Gasteiger partial charge in [-0.1, -0.05) is 48.5 Å².